The van der Waals surface area contributed by atoms with E-state index in [1.165, 1.54) is 25.5 Å². The van der Waals surface area contributed by atoms with E-state index < -0.39 is 23.9 Å². The molecule has 1 atom stereocenters. The second-order valence-corrected chi connectivity index (χ2v) is 5.64. The van der Waals surface area contributed by atoms with Crippen molar-refractivity contribution in [3.8, 4) is 0 Å². The number of benzene rings is 2. The van der Waals surface area contributed by atoms with Gasteiger partial charge in [-0.25, -0.2) is 14.0 Å². The molecule has 0 radical (unpaired) electrons. The van der Waals surface area contributed by atoms with Crippen molar-refractivity contribution >= 4 is 17.7 Å². The van der Waals surface area contributed by atoms with Gasteiger partial charge in [-0.1, -0.05) is 30.3 Å². The van der Waals surface area contributed by atoms with E-state index >= 15 is 0 Å². The van der Waals surface area contributed by atoms with Crippen molar-refractivity contribution < 1.29 is 23.1 Å². The number of hydrogen-bond acceptors (Lipinski definition) is 4. The van der Waals surface area contributed by atoms with Gasteiger partial charge in [-0.3, -0.25) is 0 Å². The highest BCUT2D eigenvalue weighted by molar-refractivity contribution is 5.94. The van der Waals surface area contributed by atoms with Crippen molar-refractivity contribution in [3.63, 3.8) is 0 Å². The van der Waals surface area contributed by atoms with E-state index in [1.54, 1.807) is 12.1 Å². The number of carbonyl (C=O) groups is 2. The van der Waals surface area contributed by atoms with Crippen LogP contribution in [-0.4, -0.2) is 19.1 Å². The molecule has 3 rings (SSSR count). The number of hydrogen-bond donors (Lipinski definition) is 2. The Kier molecular flexibility index (Phi) is 5.51. The van der Waals surface area contributed by atoms with Crippen LogP contribution in [-0.2, 0) is 4.74 Å². The van der Waals surface area contributed by atoms with Crippen LogP contribution in [0, 0.1) is 5.82 Å². The Labute approximate surface area is 155 Å². The zero-order valence-corrected chi connectivity index (χ0v) is 14.4. The van der Waals surface area contributed by atoms with Crippen LogP contribution >= 0.6 is 0 Å². The van der Waals surface area contributed by atoms with Crippen LogP contribution < -0.4 is 10.6 Å². The molecule has 6 nitrogen and oxygen atoms in total. The van der Waals surface area contributed by atoms with Gasteiger partial charge in [0.2, 0.25) is 0 Å². The zero-order valence-electron chi connectivity index (χ0n) is 14.4. The lowest BCUT2D eigenvalue weighted by molar-refractivity contribution is 0.0600. The van der Waals surface area contributed by atoms with Gasteiger partial charge >= 0.3 is 12.0 Å². The molecule has 2 N–H and O–H groups in total. The molecule has 2 aromatic carbocycles. The predicted molar refractivity (Wildman–Crippen MR) is 96.9 cm³/mol. The maximum atomic E-state index is 14.0. The highest BCUT2D eigenvalue weighted by atomic mass is 19.1. The van der Waals surface area contributed by atoms with E-state index in [2.05, 4.69) is 15.4 Å². The fraction of sp³-hybridized carbons (Fsp3) is 0.100. The molecule has 7 heteroatoms. The lowest BCUT2D eigenvalue weighted by Gasteiger charge is -2.18. The minimum atomic E-state index is -0.674. The van der Waals surface area contributed by atoms with Gasteiger partial charge in [-0.2, -0.15) is 0 Å². The van der Waals surface area contributed by atoms with E-state index in [9.17, 15) is 14.0 Å². The van der Waals surface area contributed by atoms with Crippen molar-refractivity contribution in [2.75, 3.05) is 12.4 Å². The van der Waals surface area contributed by atoms with Gasteiger partial charge in [0.05, 0.1) is 24.6 Å². The summed E-state index contributed by atoms with van der Waals surface area (Å²) in [6.07, 6.45) is 1.50. The molecule has 0 aliphatic rings. The Balaban J connectivity index is 1.80. The summed E-state index contributed by atoms with van der Waals surface area (Å²) in [4.78, 5) is 24.0. The van der Waals surface area contributed by atoms with Gasteiger partial charge in [-0.15, -0.1) is 0 Å². The summed E-state index contributed by atoms with van der Waals surface area (Å²) in [7, 11) is 1.22. The molecule has 2 amide bonds. The third-order valence-electron chi connectivity index (χ3n) is 3.87. The highest BCUT2D eigenvalue weighted by Gasteiger charge is 2.20. The maximum Gasteiger partial charge on any atom is 0.337 e. The Morgan fingerprint density at radius 1 is 1.07 bits per heavy atom. The number of anilines is 1. The Morgan fingerprint density at radius 2 is 1.85 bits per heavy atom. The lowest BCUT2D eigenvalue weighted by atomic mass is 10.0. The molecule has 0 aliphatic carbocycles. The van der Waals surface area contributed by atoms with Crippen molar-refractivity contribution in [3.05, 3.63) is 89.6 Å². The summed E-state index contributed by atoms with van der Waals surface area (Å²) in [5, 5.41) is 5.16. The van der Waals surface area contributed by atoms with Crippen LogP contribution in [0.15, 0.2) is 71.3 Å². The quantitative estimate of drug-likeness (QED) is 0.664. The van der Waals surface area contributed by atoms with Crippen molar-refractivity contribution in [2.24, 2.45) is 0 Å². The largest absolute Gasteiger partial charge is 0.467 e. The molecule has 27 heavy (non-hydrogen) atoms. The smallest absolute Gasteiger partial charge is 0.337 e. The number of methoxy groups -OCH3 is 1. The van der Waals surface area contributed by atoms with Crippen LogP contribution in [0.1, 0.15) is 27.7 Å². The van der Waals surface area contributed by atoms with Crippen molar-refractivity contribution in [1.29, 1.82) is 0 Å². The third-order valence-corrected chi connectivity index (χ3v) is 3.87. The molecule has 1 aromatic heterocycles. The molecule has 0 bridgehead atoms. The Hall–Kier alpha value is -3.61. The number of amides is 2. The minimum absolute atomic E-state index is 0.125. The van der Waals surface area contributed by atoms with Gasteiger partial charge < -0.3 is 19.8 Å². The molecule has 1 unspecified atom stereocenters. The highest BCUT2D eigenvalue weighted by Crippen LogP contribution is 2.23. The van der Waals surface area contributed by atoms with E-state index in [4.69, 9.17) is 4.42 Å². The number of halogens is 1. The van der Waals surface area contributed by atoms with Crippen LogP contribution in [0.25, 0.3) is 0 Å². The first-order valence-electron chi connectivity index (χ1n) is 8.12. The molecule has 138 valence electrons. The lowest BCUT2D eigenvalue weighted by Crippen LogP contribution is -2.33. The van der Waals surface area contributed by atoms with E-state index in [0.29, 0.717) is 5.76 Å². The van der Waals surface area contributed by atoms with Crippen molar-refractivity contribution in [1.82, 2.24) is 5.32 Å². The zero-order chi connectivity index (χ0) is 19.2. The number of nitrogens with one attached hydrogen (secondary N) is 2. The number of carbonyl (C=O) groups excluding carboxylic acids is 2. The van der Waals surface area contributed by atoms with E-state index in [-0.39, 0.29) is 11.3 Å². The molecule has 3 aromatic rings. The molecule has 0 fully saturated rings. The van der Waals surface area contributed by atoms with Crippen LogP contribution in [0.4, 0.5) is 14.9 Å². The van der Waals surface area contributed by atoms with Gasteiger partial charge in [-0.05, 0) is 35.9 Å². The van der Waals surface area contributed by atoms with Gasteiger partial charge in [0.1, 0.15) is 17.6 Å². The molecule has 0 spiro atoms. The van der Waals surface area contributed by atoms with Crippen LogP contribution in [0.3, 0.4) is 0 Å². The third kappa shape index (κ3) is 4.33. The number of ether oxygens (including phenoxy) is 1. The molecule has 0 aliphatic heterocycles. The summed E-state index contributed by atoms with van der Waals surface area (Å²) >= 11 is 0. The fourth-order valence-electron chi connectivity index (χ4n) is 2.58. The number of urea groups is 1. The SMILES string of the molecule is COC(=O)c1ccc(F)c(NC(=O)NC(c2ccccc2)c2ccco2)c1. The van der Waals surface area contributed by atoms with Gasteiger partial charge in [0.25, 0.3) is 0 Å². The summed E-state index contributed by atoms with van der Waals surface area (Å²) in [6, 6.07) is 15.0. The van der Waals surface area contributed by atoms with Crippen molar-refractivity contribution in [2.45, 2.75) is 6.04 Å². The second-order valence-electron chi connectivity index (χ2n) is 5.64. The first kappa shape index (κ1) is 18.2. The molecule has 0 saturated heterocycles. The maximum absolute atomic E-state index is 14.0. The first-order chi connectivity index (χ1) is 13.1. The molecule has 0 saturated carbocycles. The standard InChI is InChI=1S/C20H17FN2O4/c1-26-19(24)14-9-10-15(21)16(12-14)22-20(25)23-18(17-8-5-11-27-17)13-6-3-2-4-7-13/h2-12,18H,1H3,(H2,22,23,25). The summed E-state index contributed by atoms with van der Waals surface area (Å²) in [6.45, 7) is 0. The normalized spacial score (nSPS) is 11.5. The predicted octanol–water partition coefficient (Wildman–Crippen LogP) is 4.12. The first-order valence-corrected chi connectivity index (χ1v) is 8.12. The average Bonchev–Trinajstić information content (AvgIpc) is 3.22. The monoisotopic (exact) mass is 368 g/mol. The Bertz CT molecular complexity index is 926. The van der Waals surface area contributed by atoms with Crippen LogP contribution in [0.2, 0.25) is 0 Å². The minimum Gasteiger partial charge on any atom is -0.467 e. The Morgan fingerprint density at radius 3 is 2.52 bits per heavy atom. The summed E-state index contributed by atoms with van der Waals surface area (Å²) < 4.78 is 24.0. The molecular formula is C20H17FN2O4. The topological polar surface area (TPSA) is 80.6 Å². The second kappa shape index (κ2) is 8.18. The van der Waals surface area contributed by atoms with Gasteiger partial charge in [0, 0.05) is 0 Å². The number of furan rings is 1. The van der Waals surface area contributed by atoms with Gasteiger partial charge in [0.15, 0.2) is 0 Å². The fourth-order valence-corrected chi connectivity index (χ4v) is 2.58. The number of esters is 1. The average molecular weight is 368 g/mol. The molecular weight excluding hydrogens is 351 g/mol. The summed E-state index contributed by atoms with van der Waals surface area (Å²) in [5.41, 5.74) is 0.785. The van der Waals surface area contributed by atoms with E-state index in [1.807, 2.05) is 30.3 Å². The van der Waals surface area contributed by atoms with E-state index in [0.717, 1.165) is 11.6 Å². The number of rotatable bonds is 5. The van der Waals surface area contributed by atoms with Crippen LogP contribution in [0.5, 0.6) is 0 Å². The summed E-state index contributed by atoms with van der Waals surface area (Å²) in [5.74, 6) is -0.775. The molecule has 1 heterocycles.